The van der Waals surface area contributed by atoms with Crippen molar-refractivity contribution in [2.24, 2.45) is 0 Å². The molecule has 0 aliphatic carbocycles. The van der Waals surface area contributed by atoms with Gasteiger partial charge in [0.1, 0.15) is 0 Å². The Balaban J connectivity index is 2.58. The standard InChI is InChI=1S/C14H11Br/c1-2-3-6-12-10-9-11-7-4-5-8-13(11)14(12)15/h4-5,7-10H,6H2,1H3. The maximum absolute atomic E-state index is 3.64. The largest absolute Gasteiger partial charge is 0.106 e. The van der Waals surface area contributed by atoms with Crippen LogP contribution < -0.4 is 0 Å². The average molecular weight is 259 g/mol. The number of hydrogen-bond acceptors (Lipinski definition) is 0. The highest BCUT2D eigenvalue weighted by Gasteiger charge is 2.02. The molecule has 0 radical (unpaired) electrons. The van der Waals surface area contributed by atoms with Gasteiger partial charge in [-0.15, -0.1) is 5.92 Å². The van der Waals surface area contributed by atoms with Crippen LogP contribution in [0.3, 0.4) is 0 Å². The van der Waals surface area contributed by atoms with Crippen molar-refractivity contribution >= 4 is 26.7 Å². The van der Waals surface area contributed by atoms with E-state index in [1.54, 1.807) is 0 Å². The molecule has 0 spiro atoms. The smallest absolute Gasteiger partial charge is 0.0351 e. The van der Waals surface area contributed by atoms with E-state index in [-0.39, 0.29) is 0 Å². The summed E-state index contributed by atoms with van der Waals surface area (Å²) in [6, 6.07) is 12.6. The summed E-state index contributed by atoms with van der Waals surface area (Å²) in [4.78, 5) is 0. The molecule has 2 aromatic rings. The Labute approximate surface area is 98.4 Å². The Morgan fingerprint density at radius 2 is 1.93 bits per heavy atom. The molecule has 0 fully saturated rings. The van der Waals surface area contributed by atoms with E-state index in [4.69, 9.17) is 0 Å². The predicted molar refractivity (Wildman–Crippen MR) is 68.8 cm³/mol. The second kappa shape index (κ2) is 4.51. The summed E-state index contributed by atoms with van der Waals surface area (Å²) in [5.74, 6) is 6.01. The van der Waals surface area contributed by atoms with Crippen LogP contribution in [0.5, 0.6) is 0 Å². The summed E-state index contributed by atoms with van der Waals surface area (Å²) in [5.41, 5.74) is 1.25. The van der Waals surface area contributed by atoms with Crippen LogP contribution in [0, 0.1) is 11.8 Å². The molecular weight excluding hydrogens is 248 g/mol. The number of halogens is 1. The molecule has 0 amide bonds. The van der Waals surface area contributed by atoms with E-state index in [9.17, 15) is 0 Å². The lowest BCUT2D eigenvalue weighted by Gasteiger charge is -2.04. The van der Waals surface area contributed by atoms with E-state index in [0.29, 0.717) is 0 Å². The van der Waals surface area contributed by atoms with Crippen LogP contribution in [-0.2, 0) is 6.42 Å². The highest BCUT2D eigenvalue weighted by molar-refractivity contribution is 9.10. The minimum Gasteiger partial charge on any atom is -0.106 e. The summed E-state index contributed by atoms with van der Waals surface area (Å²) in [7, 11) is 0. The van der Waals surface area contributed by atoms with Gasteiger partial charge in [0.2, 0.25) is 0 Å². The van der Waals surface area contributed by atoms with E-state index in [1.807, 2.05) is 6.92 Å². The number of benzene rings is 2. The van der Waals surface area contributed by atoms with Crippen molar-refractivity contribution in [2.45, 2.75) is 13.3 Å². The van der Waals surface area contributed by atoms with Crippen LogP contribution in [-0.4, -0.2) is 0 Å². The molecule has 0 aliphatic rings. The zero-order chi connectivity index (χ0) is 10.7. The first kappa shape index (κ1) is 10.3. The average Bonchev–Trinajstić information content (AvgIpc) is 2.29. The van der Waals surface area contributed by atoms with Crippen molar-refractivity contribution in [3.05, 3.63) is 46.4 Å². The van der Waals surface area contributed by atoms with E-state index in [1.165, 1.54) is 20.8 Å². The van der Waals surface area contributed by atoms with Gasteiger partial charge in [-0.1, -0.05) is 42.3 Å². The second-order valence-corrected chi connectivity index (χ2v) is 4.16. The zero-order valence-corrected chi connectivity index (χ0v) is 10.1. The molecule has 0 saturated carbocycles. The van der Waals surface area contributed by atoms with Gasteiger partial charge in [0.15, 0.2) is 0 Å². The van der Waals surface area contributed by atoms with Crippen LogP contribution >= 0.6 is 15.9 Å². The van der Waals surface area contributed by atoms with Crippen molar-refractivity contribution in [1.29, 1.82) is 0 Å². The summed E-state index contributed by atoms with van der Waals surface area (Å²) >= 11 is 3.64. The summed E-state index contributed by atoms with van der Waals surface area (Å²) in [6.45, 7) is 1.87. The van der Waals surface area contributed by atoms with Crippen LogP contribution in [0.4, 0.5) is 0 Å². The van der Waals surface area contributed by atoms with Gasteiger partial charge in [0.25, 0.3) is 0 Å². The Hall–Kier alpha value is -1.26. The van der Waals surface area contributed by atoms with E-state index in [2.05, 4.69) is 64.2 Å². The molecule has 15 heavy (non-hydrogen) atoms. The van der Waals surface area contributed by atoms with Gasteiger partial charge in [-0.3, -0.25) is 0 Å². The minimum absolute atomic E-state index is 0.807. The molecule has 0 unspecified atom stereocenters. The van der Waals surface area contributed by atoms with Crippen LogP contribution in [0.1, 0.15) is 12.5 Å². The van der Waals surface area contributed by atoms with Crippen molar-refractivity contribution in [3.63, 3.8) is 0 Å². The Morgan fingerprint density at radius 3 is 2.73 bits per heavy atom. The molecule has 1 heteroatoms. The van der Waals surface area contributed by atoms with Gasteiger partial charge < -0.3 is 0 Å². The molecule has 0 N–H and O–H groups in total. The lowest BCUT2D eigenvalue weighted by atomic mass is 10.1. The van der Waals surface area contributed by atoms with Gasteiger partial charge in [-0.2, -0.15) is 0 Å². The quantitative estimate of drug-likeness (QED) is 0.674. The maximum Gasteiger partial charge on any atom is 0.0351 e. The summed E-state index contributed by atoms with van der Waals surface area (Å²) in [6.07, 6.45) is 0.807. The van der Waals surface area contributed by atoms with Gasteiger partial charge in [-0.25, -0.2) is 0 Å². The summed E-state index contributed by atoms with van der Waals surface area (Å²) < 4.78 is 1.17. The predicted octanol–water partition coefficient (Wildman–Crippen LogP) is 4.17. The fourth-order valence-corrected chi connectivity index (χ4v) is 2.23. The molecule has 0 aliphatic heterocycles. The van der Waals surface area contributed by atoms with Crippen LogP contribution in [0.15, 0.2) is 40.9 Å². The van der Waals surface area contributed by atoms with Gasteiger partial charge in [-0.05, 0) is 39.2 Å². The SMILES string of the molecule is CC#CCc1ccc2ccccc2c1Br. The molecule has 0 heterocycles. The van der Waals surface area contributed by atoms with Crippen LogP contribution in [0.2, 0.25) is 0 Å². The molecule has 74 valence electrons. The maximum atomic E-state index is 3.64. The number of hydrogen-bond donors (Lipinski definition) is 0. The zero-order valence-electron chi connectivity index (χ0n) is 8.55. The van der Waals surface area contributed by atoms with Crippen molar-refractivity contribution in [3.8, 4) is 11.8 Å². The molecule has 0 aromatic heterocycles. The van der Waals surface area contributed by atoms with E-state index >= 15 is 0 Å². The fourth-order valence-electron chi connectivity index (χ4n) is 1.60. The van der Waals surface area contributed by atoms with Crippen LogP contribution in [0.25, 0.3) is 10.8 Å². The molecule has 0 saturated heterocycles. The van der Waals surface area contributed by atoms with Crippen molar-refractivity contribution in [2.75, 3.05) is 0 Å². The number of rotatable bonds is 1. The van der Waals surface area contributed by atoms with Gasteiger partial charge in [0.05, 0.1) is 0 Å². The first-order valence-electron chi connectivity index (χ1n) is 4.88. The third kappa shape index (κ3) is 2.06. The van der Waals surface area contributed by atoms with Gasteiger partial charge >= 0.3 is 0 Å². The Morgan fingerprint density at radius 1 is 1.13 bits per heavy atom. The molecule has 0 atom stereocenters. The highest BCUT2D eigenvalue weighted by atomic mass is 79.9. The fraction of sp³-hybridized carbons (Fsp3) is 0.143. The molecule has 0 bridgehead atoms. The molecular formula is C14H11Br. The Kier molecular flexibility index (Phi) is 3.08. The lowest BCUT2D eigenvalue weighted by molar-refractivity contribution is 1.31. The third-order valence-electron chi connectivity index (χ3n) is 2.40. The molecule has 2 aromatic carbocycles. The Bertz CT molecular complexity index is 544. The van der Waals surface area contributed by atoms with Crippen molar-refractivity contribution < 1.29 is 0 Å². The monoisotopic (exact) mass is 258 g/mol. The van der Waals surface area contributed by atoms with E-state index < -0.39 is 0 Å². The first-order chi connectivity index (χ1) is 7.33. The van der Waals surface area contributed by atoms with Gasteiger partial charge in [0, 0.05) is 10.9 Å². The topological polar surface area (TPSA) is 0 Å². The normalized spacial score (nSPS) is 9.73. The highest BCUT2D eigenvalue weighted by Crippen LogP contribution is 2.27. The number of fused-ring (bicyclic) bond motifs is 1. The minimum atomic E-state index is 0.807. The second-order valence-electron chi connectivity index (χ2n) is 3.36. The van der Waals surface area contributed by atoms with E-state index in [0.717, 1.165) is 6.42 Å². The molecule has 0 nitrogen and oxygen atoms in total. The first-order valence-corrected chi connectivity index (χ1v) is 5.68. The lowest BCUT2D eigenvalue weighted by Crippen LogP contribution is -1.85. The molecule has 2 rings (SSSR count). The van der Waals surface area contributed by atoms with Crippen molar-refractivity contribution in [1.82, 2.24) is 0 Å². The third-order valence-corrected chi connectivity index (χ3v) is 3.34. The summed E-state index contributed by atoms with van der Waals surface area (Å²) in [5, 5.41) is 2.52.